The molecule has 4 heteroatoms. The van der Waals surface area contributed by atoms with Crippen LogP contribution in [0.2, 0.25) is 0 Å². The molecule has 0 rings (SSSR count). The fraction of sp³-hybridized carbons (Fsp3) is 0.952. The molecule has 0 radical (unpaired) electrons. The summed E-state index contributed by atoms with van der Waals surface area (Å²) in [6, 6.07) is 0. The van der Waals surface area contributed by atoms with Gasteiger partial charge in [0.15, 0.2) is 0 Å². The summed E-state index contributed by atoms with van der Waals surface area (Å²) >= 11 is 0. The molecule has 0 spiro atoms. The van der Waals surface area contributed by atoms with E-state index in [4.69, 9.17) is 5.11 Å². The van der Waals surface area contributed by atoms with Crippen molar-refractivity contribution in [3.63, 3.8) is 0 Å². The largest absolute Gasteiger partial charge is 0.480 e. The van der Waals surface area contributed by atoms with E-state index in [1.165, 1.54) is 89.9 Å². The molecule has 3 N–H and O–H groups in total. The number of aliphatic carboxylic acids is 1. The first-order valence-electron chi connectivity index (χ1n) is 10.9. The highest BCUT2D eigenvalue weighted by Gasteiger charge is 2.05. The predicted octanol–water partition coefficient (Wildman–Crippen LogP) is 5.47. The molecule has 0 fully saturated rings. The molecule has 1 atom stereocenters. The van der Waals surface area contributed by atoms with Gasteiger partial charge in [-0.2, -0.15) is 0 Å². The maximum absolute atomic E-state index is 10.5. The van der Waals surface area contributed by atoms with Crippen molar-refractivity contribution in [3.8, 4) is 0 Å². The average Bonchev–Trinajstić information content (AvgIpc) is 2.60. The van der Waals surface area contributed by atoms with E-state index >= 15 is 0 Å². The molecule has 0 aromatic heterocycles. The third-order valence-corrected chi connectivity index (χ3v) is 4.83. The summed E-state index contributed by atoms with van der Waals surface area (Å²) in [4.78, 5) is 10.5. The minimum atomic E-state index is -0.795. The Hall–Kier alpha value is -0.610. The summed E-state index contributed by atoms with van der Waals surface area (Å²) in [6.07, 6.45) is 20.3. The highest BCUT2D eigenvalue weighted by atomic mass is 16.4. The average molecular weight is 357 g/mol. The maximum Gasteiger partial charge on any atom is 0.317 e. The molecule has 4 nitrogen and oxygen atoms in total. The Morgan fingerprint density at radius 2 is 1.16 bits per heavy atom. The summed E-state index contributed by atoms with van der Waals surface area (Å²) in [7, 11) is 0. The summed E-state index contributed by atoms with van der Waals surface area (Å²) < 4.78 is 0. The van der Waals surface area contributed by atoms with Gasteiger partial charge in [0.1, 0.15) is 0 Å². The molecule has 0 saturated carbocycles. The first kappa shape index (κ1) is 24.4. The highest BCUT2D eigenvalue weighted by Crippen LogP contribution is 2.12. The molecule has 0 aliphatic heterocycles. The minimum absolute atomic E-state index is 0.0320. The van der Waals surface area contributed by atoms with Crippen LogP contribution >= 0.6 is 0 Å². The predicted molar refractivity (Wildman–Crippen MR) is 108 cm³/mol. The Morgan fingerprint density at radius 1 is 0.720 bits per heavy atom. The van der Waals surface area contributed by atoms with Crippen LogP contribution in [0.15, 0.2) is 0 Å². The van der Waals surface area contributed by atoms with E-state index in [0.29, 0.717) is 0 Å². The van der Waals surface area contributed by atoms with Crippen molar-refractivity contribution in [3.05, 3.63) is 0 Å². The lowest BCUT2D eigenvalue weighted by molar-refractivity contribution is -0.136. The Bertz CT molecular complexity index is 285. The van der Waals surface area contributed by atoms with Gasteiger partial charge in [0.25, 0.3) is 0 Å². The molecule has 150 valence electrons. The number of carbonyl (C=O) groups is 1. The lowest BCUT2D eigenvalue weighted by atomic mass is 10.0. The van der Waals surface area contributed by atoms with Gasteiger partial charge in [-0.05, 0) is 19.4 Å². The standard InChI is InChI=1S/C21H44N2O2/c1-3-5-6-7-8-9-10-11-12-13-14-15-16-17-18-22-20(4-2)23-19-21(24)25/h20,22-23H,3-19H2,1-2H3,(H,24,25). The molecular weight excluding hydrogens is 312 g/mol. The van der Waals surface area contributed by atoms with Crippen LogP contribution in [0.5, 0.6) is 0 Å². The van der Waals surface area contributed by atoms with Gasteiger partial charge in [-0.25, -0.2) is 0 Å². The van der Waals surface area contributed by atoms with E-state index in [1.54, 1.807) is 0 Å². The monoisotopic (exact) mass is 356 g/mol. The molecule has 0 heterocycles. The molecule has 0 saturated heterocycles. The Kier molecular flexibility index (Phi) is 19.2. The van der Waals surface area contributed by atoms with Crippen molar-refractivity contribution in [2.75, 3.05) is 13.1 Å². The number of rotatable bonds is 20. The third-order valence-electron chi connectivity index (χ3n) is 4.83. The fourth-order valence-electron chi connectivity index (χ4n) is 3.17. The van der Waals surface area contributed by atoms with Crippen LogP contribution < -0.4 is 10.6 Å². The van der Waals surface area contributed by atoms with E-state index in [1.807, 2.05) is 0 Å². The van der Waals surface area contributed by atoms with Crippen molar-refractivity contribution in [2.24, 2.45) is 0 Å². The van der Waals surface area contributed by atoms with Crippen molar-refractivity contribution < 1.29 is 9.90 Å². The third kappa shape index (κ3) is 19.6. The Morgan fingerprint density at radius 3 is 1.56 bits per heavy atom. The van der Waals surface area contributed by atoms with Gasteiger partial charge in [-0.1, -0.05) is 97.3 Å². The van der Waals surface area contributed by atoms with E-state index < -0.39 is 5.97 Å². The van der Waals surface area contributed by atoms with Crippen molar-refractivity contribution in [2.45, 2.75) is 116 Å². The van der Waals surface area contributed by atoms with Crippen molar-refractivity contribution in [1.82, 2.24) is 10.6 Å². The molecule has 1 unspecified atom stereocenters. The van der Waals surface area contributed by atoms with Crippen LogP contribution in [0.4, 0.5) is 0 Å². The van der Waals surface area contributed by atoms with E-state index in [0.717, 1.165) is 13.0 Å². The van der Waals surface area contributed by atoms with Crippen LogP contribution in [0, 0.1) is 0 Å². The second-order valence-electron chi connectivity index (χ2n) is 7.29. The highest BCUT2D eigenvalue weighted by molar-refractivity contribution is 5.69. The van der Waals surface area contributed by atoms with Crippen LogP contribution in [-0.2, 0) is 4.79 Å². The van der Waals surface area contributed by atoms with E-state index in [2.05, 4.69) is 24.5 Å². The zero-order chi connectivity index (χ0) is 18.6. The van der Waals surface area contributed by atoms with Gasteiger partial charge < -0.3 is 10.4 Å². The second kappa shape index (κ2) is 19.7. The van der Waals surface area contributed by atoms with E-state index in [-0.39, 0.29) is 12.7 Å². The Labute approximate surface area is 156 Å². The smallest absolute Gasteiger partial charge is 0.317 e. The van der Waals surface area contributed by atoms with Gasteiger partial charge in [0.05, 0.1) is 12.7 Å². The van der Waals surface area contributed by atoms with Gasteiger partial charge >= 0.3 is 5.97 Å². The number of carboxylic acid groups (broad SMARTS) is 1. The zero-order valence-electron chi connectivity index (χ0n) is 17.0. The van der Waals surface area contributed by atoms with E-state index in [9.17, 15) is 4.79 Å². The summed E-state index contributed by atoms with van der Waals surface area (Å²) in [6.45, 7) is 5.35. The topological polar surface area (TPSA) is 61.4 Å². The molecular formula is C21H44N2O2. The molecule has 0 aliphatic rings. The van der Waals surface area contributed by atoms with Crippen molar-refractivity contribution in [1.29, 1.82) is 0 Å². The van der Waals surface area contributed by atoms with Crippen LogP contribution in [0.3, 0.4) is 0 Å². The normalized spacial score (nSPS) is 12.4. The maximum atomic E-state index is 10.5. The van der Waals surface area contributed by atoms with Crippen LogP contribution in [0.25, 0.3) is 0 Å². The molecule has 25 heavy (non-hydrogen) atoms. The number of nitrogens with one attached hydrogen (secondary N) is 2. The molecule has 0 aromatic rings. The lowest BCUT2D eigenvalue weighted by Gasteiger charge is -2.17. The first-order chi connectivity index (χ1) is 12.2. The fourth-order valence-corrected chi connectivity index (χ4v) is 3.17. The second-order valence-corrected chi connectivity index (χ2v) is 7.29. The quantitative estimate of drug-likeness (QED) is 0.200. The van der Waals surface area contributed by atoms with Gasteiger partial charge in [0.2, 0.25) is 0 Å². The van der Waals surface area contributed by atoms with Gasteiger partial charge in [-0.3, -0.25) is 10.1 Å². The lowest BCUT2D eigenvalue weighted by Crippen LogP contribution is -2.44. The Balaban J connectivity index is 3.19. The molecule has 0 amide bonds. The minimum Gasteiger partial charge on any atom is -0.480 e. The summed E-state index contributed by atoms with van der Waals surface area (Å²) in [5.74, 6) is -0.795. The van der Waals surface area contributed by atoms with Crippen LogP contribution in [-0.4, -0.2) is 30.3 Å². The molecule has 0 aromatic carbocycles. The van der Waals surface area contributed by atoms with Crippen molar-refractivity contribution >= 4 is 5.97 Å². The summed E-state index contributed by atoms with van der Waals surface area (Å²) in [5, 5.41) is 15.1. The summed E-state index contributed by atoms with van der Waals surface area (Å²) in [5.41, 5.74) is 0. The first-order valence-corrected chi connectivity index (χ1v) is 10.9. The molecule has 0 bridgehead atoms. The van der Waals surface area contributed by atoms with Gasteiger partial charge in [-0.15, -0.1) is 0 Å². The van der Waals surface area contributed by atoms with Crippen LogP contribution in [0.1, 0.15) is 110 Å². The number of carboxylic acids is 1. The number of unbranched alkanes of at least 4 members (excludes halogenated alkanes) is 13. The number of hydrogen-bond donors (Lipinski definition) is 3. The molecule has 0 aliphatic carbocycles. The SMILES string of the molecule is CCCCCCCCCCCCCCCCNC(CC)NCC(=O)O. The number of hydrogen-bond acceptors (Lipinski definition) is 3. The van der Waals surface area contributed by atoms with Gasteiger partial charge in [0, 0.05) is 0 Å². The zero-order valence-corrected chi connectivity index (χ0v) is 17.0.